The summed E-state index contributed by atoms with van der Waals surface area (Å²) in [5, 5.41) is 3.32. The molecule has 0 aromatic carbocycles. The van der Waals surface area contributed by atoms with Crippen LogP contribution >= 0.6 is 23.4 Å². The Kier molecular flexibility index (Phi) is 30.0. The van der Waals surface area contributed by atoms with E-state index < -0.39 is 0 Å². The van der Waals surface area contributed by atoms with E-state index in [9.17, 15) is 0 Å². The predicted octanol–water partition coefficient (Wildman–Crippen LogP) is 6.58. The van der Waals surface area contributed by atoms with Crippen molar-refractivity contribution in [2.45, 2.75) is 75.2 Å². The van der Waals surface area contributed by atoms with Crippen LogP contribution in [0.1, 0.15) is 65.2 Å². The molecule has 0 saturated carbocycles. The maximum absolute atomic E-state index is 2.31. The Morgan fingerprint density at radius 3 is 1.73 bits per heavy atom. The average Bonchev–Trinajstić information content (AvgIpc) is 2.16. The summed E-state index contributed by atoms with van der Waals surface area (Å²) in [5.74, 6) is 0. The van der Waals surface area contributed by atoms with Crippen LogP contribution in [0.5, 0.6) is 0 Å². The van der Waals surface area contributed by atoms with Gasteiger partial charge in [-0.25, -0.2) is 0 Å². The second kappa shape index (κ2) is 20.8. The summed E-state index contributed by atoms with van der Waals surface area (Å²) in [7, 11) is 0. The minimum atomic E-state index is -0.0287. The van der Waals surface area contributed by atoms with Crippen molar-refractivity contribution in [1.82, 2.24) is 0 Å². The second-order valence-electron chi connectivity index (χ2n) is 4.18. The van der Waals surface area contributed by atoms with Crippen molar-refractivity contribution in [1.29, 1.82) is 0 Å². The van der Waals surface area contributed by atoms with Gasteiger partial charge in [-0.15, -0.1) is 0 Å². The molecule has 0 nitrogen and oxygen atoms in total. The smallest absolute Gasteiger partial charge is 0 e. The Labute approximate surface area is 115 Å². The van der Waals surface area contributed by atoms with E-state index in [1.807, 2.05) is 0 Å². The third-order valence-electron chi connectivity index (χ3n) is 2.71. The van der Waals surface area contributed by atoms with Gasteiger partial charge in [-0.2, -0.15) is 0 Å². The molecule has 3 heteroatoms. The molecular formula is C12H26PSZn. The van der Waals surface area contributed by atoms with E-state index in [4.69, 9.17) is 0 Å². The Bertz CT molecular complexity index is 81.7. The van der Waals surface area contributed by atoms with Crippen molar-refractivity contribution in [3.8, 4) is 0 Å². The van der Waals surface area contributed by atoms with E-state index >= 15 is 0 Å². The first-order valence-corrected chi connectivity index (χ1v) is 10.6. The first-order valence-electron chi connectivity index (χ1n) is 6.41. The molecule has 0 atom stereocenters. The van der Waals surface area contributed by atoms with Gasteiger partial charge in [0.05, 0.1) is 0 Å². The molecule has 0 amide bonds. The van der Waals surface area contributed by atoms with Crippen LogP contribution in [0.2, 0.25) is 10.0 Å². The molecule has 0 aliphatic heterocycles. The SMILES string of the molecule is CCCCCCC[CH2][Zn][CH2]CCC.[P].[S]. The summed E-state index contributed by atoms with van der Waals surface area (Å²) >= 11 is -0.0287. The van der Waals surface area contributed by atoms with E-state index in [0.29, 0.717) is 0 Å². The zero-order chi connectivity index (χ0) is 9.78. The summed E-state index contributed by atoms with van der Waals surface area (Å²) in [4.78, 5) is 0. The van der Waals surface area contributed by atoms with Crippen LogP contribution in [0.3, 0.4) is 0 Å². The van der Waals surface area contributed by atoms with Crippen LogP contribution in [-0.2, 0) is 17.1 Å². The Morgan fingerprint density at radius 1 is 0.667 bits per heavy atom. The van der Waals surface area contributed by atoms with Crippen molar-refractivity contribution in [2.24, 2.45) is 0 Å². The normalized spacial score (nSPS) is 8.67. The van der Waals surface area contributed by atoms with E-state index in [1.54, 1.807) is 16.5 Å². The summed E-state index contributed by atoms with van der Waals surface area (Å²) < 4.78 is 0. The van der Waals surface area contributed by atoms with Gasteiger partial charge in [0.15, 0.2) is 0 Å². The van der Waals surface area contributed by atoms with Gasteiger partial charge in [0.2, 0.25) is 0 Å². The van der Waals surface area contributed by atoms with E-state index in [1.165, 1.54) is 44.9 Å². The fraction of sp³-hybridized carbons (Fsp3) is 1.00. The summed E-state index contributed by atoms with van der Waals surface area (Å²) in [6, 6.07) is 0. The largest absolute Gasteiger partial charge is 0 e. The molecule has 0 unspecified atom stereocenters. The van der Waals surface area contributed by atoms with Crippen molar-refractivity contribution in [3.05, 3.63) is 0 Å². The van der Waals surface area contributed by atoms with Crippen molar-refractivity contribution < 1.29 is 17.1 Å². The molecule has 0 N–H and O–H groups in total. The van der Waals surface area contributed by atoms with Gasteiger partial charge in [0.25, 0.3) is 0 Å². The fourth-order valence-electron chi connectivity index (χ4n) is 1.74. The molecule has 5 radical (unpaired) electrons. The maximum atomic E-state index is 2.31. The standard InChI is InChI=1S/C8H17.C4H9.P.S.Zn/c1-3-5-7-8-6-4-2;1-3-4-2;;;/h1,3-8H2,2H3;1,3-4H2,2H3;;;. The molecule has 15 heavy (non-hydrogen) atoms. The molecule has 0 heterocycles. The third kappa shape index (κ3) is 21.3. The van der Waals surface area contributed by atoms with Gasteiger partial charge in [-0.3, -0.25) is 0 Å². The summed E-state index contributed by atoms with van der Waals surface area (Å²) in [5.41, 5.74) is 0. The zero-order valence-corrected chi connectivity index (χ0v) is 15.3. The predicted molar refractivity (Wildman–Crippen MR) is 72.4 cm³/mol. The minimum absolute atomic E-state index is 0. The minimum Gasteiger partial charge on any atom is 0 e. The average molecular weight is 299 g/mol. The molecule has 0 spiro atoms. The maximum Gasteiger partial charge on any atom is 0 e. The van der Waals surface area contributed by atoms with Gasteiger partial charge < -0.3 is 0 Å². The van der Waals surface area contributed by atoms with Crippen molar-refractivity contribution >= 4 is 23.4 Å². The molecule has 0 rings (SSSR count). The molecule has 0 fully saturated rings. The molecule has 0 saturated heterocycles. The molecule has 87 valence electrons. The van der Waals surface area contributed by atoms with Crippen LogP contribution < -0.4 is 0 Å². The third-order valence-corrected chi connectivity index (χ3v) is 6.90. The van der Waals surface area contributed by atoms with E-state index in [-0.39, 0.29) is 40.5 Å². The molecule has 0 aliphatic rings. The van der Waals surface area contributed by atoms with E-state index in [2.05, 4.69) is 13.8 Å². The van der Waals surface area contributed by atoms with Gasteiger partial charge in [0, 0.05) is 23.4 Å². The zero-order valence-electron chi connectivity index (χ0n) is 10.6. The number of hydrogen-bond donors (Lipinski definition) is 0. The second-order valence-corrected chi connectivity index (χ2v) is 8.63. The molecule has 0 aromatic heterocycles. The van der Waals surface area contributed by atoms with Crippen molar-refractivity contribution in [3.63, 3.8) is 0 Å². The first kappa shape index (κ1) is 21.7. The Hall–Kier alpha value is 1.40. The Morgan fingerprint density at radius 2 is 1.13 bits per heavy atom. The molecule has 0 aliphatic carbocycles. The van der Waals surface area contributed by atoms with Crippen LogP contribution in [0.25, 0.3) is 0 Å². The molecular weight excluding hydrogens is 273 g/mol. The van der Waals surface area contributed by atoms with Crippen LogP contribution in [0.15, 0.2) is 0 Å². The number of rotatable bonds is 10. The number of unbranched alkanes of at least 4 members (excludes halogenated alkanes) is 6. The Balaban J connectivity index is -0.000000720. The van der Waals surface area contributed by atoms with Crippen LogP contribution in [0, 0.1) is 0 Å². The van der Waals surface area contributed by atoms with Gasteiger partial charge in [-0.1, -0.05) is 0 Å². The van der Waals surface area contributed by atoms with Gasteiger partial charge in [-0.05, 0) is 0 Å². The molecule has 0 aromatic rings. The van der Waals surface area contributed by atoms with Gasteiger partial charge >= 0.3 is 92.4 Å². The fourth-order valence-corrected chi connectivity index (χ4v) is 5.75. The quantitative estimate of drug-likeness (QED) is 0.243. The van der Waals surface area contributed by atoms with Crippen molar-refractivity contribution in [2.75, 3.05) is 0 Å². The monoisotopic (exact) mass is 297 g/mol. The summed E-state index contributed by atoms with van der Waals surface area (Å²) in [6.07, 6.45) is 11.9. The number of hydrogen-bond acceptors (Lipinski definition) is 0. The molecule has 0 bridgehead atoms. The van der Waals surface area contributed by atoms with Crippen LogP contribution in [-0.4, -0.2) is 0 Å². The topological polar surface area (TPSA) is 0 Å². The van der Waals surface area contributed by atoms with E-state index in [0.717, 1.165) is 0 Å². The van der Waals surface area contributed by atoms with Gasteiger partial charge in [0.1, 0.15) is 0 Å². The summed E-state index contributed by atoms with van der Waals surface area (Å²) in [6.45, 7) is 4.60. The first-order chi connectivity index (χ1) is 6.41. The van der Waals surface area contributed by atoms with Crippen LogP contribution in [0.4, 0.5) is 0 Å².